The monoisotopic (exact) mass is 1590 g/mol. The lowest BCUT2D eigenvalue weighted by Gasteiger charge is -2.29. The van der Waals surface area contributed by atoms with Crippen LogP contribution >= 0.6 is 0 Å². The van der Waals surface area contributed by atoms with E-state index < -0.39 is 53.4 Å². The summed E-state index contributed by atoms with van der Waals surface area (Å²) in [5, 5.41) is 50.4. The van der Waals surface area contributed by atoms with Gasteiger partial charge in [-0.1, -0.05) is 18.2 Å². The van der Waals surface area contributed by atoms with E-state index in [-0.39, 0.29) is 110 Å². The number of pyridine rings is 6. The van der Waals surface area contributed by atoms with E-state index in [0.717, 1.165) is 50.1 Å². The molecule has 0 unspecified atom stereocenters. The molecule has 0 bridgehead atoms. The van der Waals surface area contributed by atoms with E-state index in [4.69, 9.17) is 14.2 Å². The highest BCUT2D eigenvalue weighted by Gasteiger charge is 2.24. The van der Waals surface area contributed by atoms with Crippen LogP contribution in [-0.2, 0) is 53.5 Å². The van der Waals surface area contributed by atoms with Crippen molar-refractivity contribution in [3.05, 3.63) is 265 Å². The number of nitrogens with zero attached hydrogens (tertiary/aromatic N) is 9. The number of rotatable bonds is 36. The van der Waals surface area contributed by atoms with Gasteiger partial charge in [-0.25, -0.2) is 14.4 Å². The minimum absolute atomic E-state index is 0.0520. The Morgan fingerprint density at radius 1 is 0.299 bits per heavy atom. The second-order valence-corrected chi connectivity index (χ2v) is 27.7. The number of amides is 6. The molecule has 6 amide bonds. The summed E-state index contributed by atoms with van der Waals surface area (Å²) < 4.78 is 15.1. The van der Waals surface area contributed by atoms with E-state index in [2.05, 4.69) is 97.3 Å². The lowest BCUT2D eigenvalue weighted by molar-refractivity contribution is 0.0516. The fourth-order valence-corrected chi connectivity index (χ4v) is 12.9. The number of aromatic nitrogens is 6. The zero-order chi connectivity index (χ0) is 83.8. The van der Waals surface area contributed by atoms with Crippen molar-refractivity contribution < 1.29 is 72.7 Å². The van der Waals surface area contributed by atoms with Gasteiger partial charge in [-0.05, 0) is 222 Å². The summed E-state index contributed by atoms with van der Waals surface area (Å²) in [6, 6.07) is 34.0. The van der Waals surface area contributed by atoms with Gasteiger partial charge in [-0.2, -0.15) is 0 Å². The lowest BCUT2D eigenvalue weighted by atomic mass is 9.87. The van der Waals surface area contributed by atoms with Crippen molar-refractivity contribution >= 4 is 53.4 Å². The van der Waals surface area contributed by atoms with E-state index in [1.807, 2.05) is 21.1 Å². The summed E-state index contributed by atoms with van der Waals surface area (Å²) >= 11 is 0. The number of carbonyl (C=O) groups excluding carboxylic acids is 9. The van der Waals surface area contributed by atoms with Crippen molar-refractivity contribution in [3.63, 3.8) is 0 Å². The molecule has 0 aliphatic carbocycles. The molecule has 0 fully saturated rings. The molecule has 30 heteroatoms. The lowest BCUT2D eigenvalue weighted by Crippen LogP contribution is -2.34. The molecule has 6 aromatic heterocycles. The molecule has 10 aromatic rings. The molecule has 30 nitrogen and oxygen atoms in total. The van der Waals surface area contributed by atoms with Crippen LogP contribution in [0.3, 0.4) is 0 Å². The molecular formula is C87H93N15O15. The summed E-state index contributed by atoms with van der Waals surface area (Å²) in [6.07, 6.45) is 8.40. The number of hydrogen-bond acceptors (Lipinski definition) is 24. The topological polar surface area (TPSA) is 401 Å². The molecule has 117 heavy (non-hydrogen) atoms. The maximum Gasteiger partial charge on any atom is 0.339 e. The van der Waals surface area contributed by atoms with Crippen LogP contribution < -0.4 is 31.9 Å². The van der Waals surface area contributed by atoms with Crippen LogP contribution in [0.15, 0.2) is 165 Å². The number of benzene rings is 4. The number of hydrogen-bond donors (Lipinski definition) is 9. The second kappa shape index (κ2) is 40.8. The van der Waals surface area contributed by atoms with Gasteiger partial charge in [-0.15, -0.1) is 0 Å². The Hall–Kier alpha value is -13.7. The predicted octanol–water partition coefficient (Wildman–Crippen LogP) is 9.01. The zero-order valence-corrected chi connectivity index (χ0v) is 66.5. The second-order valence-electron chi connectivity index (χ2n) is 27.7. The molecule has 6 heterocycles. The maximum atomic E-state index is 13.4. The van der Waals surface area contributed by atoms with Gasteiger partial charge >= 0.3 is 17.9 Å². The summed E-state index contributed by atoms with van der Waals surface area (Å²) in [5.74, 6) is -4.98. The van der Waals surface area contributed by atoms with E-state index in [1.165, 1.54) is 37.2 Å². The van der Waals surface area contributed by atoms with Gasteiger partial charge in [-0.3, -0.25) is 73.4 Å². The van der Waals surface area contributed by atoms with Gasteiger partial charge in [0.25, 0.3) is 35.4 Å². The van der Waals surface area contributed by atoms with Crippen molar-refractivity contribution in [2.24, 2.45) is 0 Å². The third kappa shape index (κ3) is 23.0. The molecule has 0 saturated carbocycles. The minimum Gasteiger partial charge on any atom is -0.507 e. The average Bonchev–Trinajstić information content (AvgIpc) is 0.772. The Labute approximate surface area is 676 Å². The van der Waals surface area contributed by atoms with Crippen LogP contribution in [0.5, 0.6) is 17.2 Å². The van der Waals surface area contributed by atoms with Crippen molar-refractivity contribution in [1.29, 1.82) is 0 Å². The molecule has 0 atom stereocenters. The molecule has 0 spiro atoms. The summed E-state index contributed by atoms with van der Waals surface area (Å²) in [4.78, 5) is 148. The Bertz CT molecular complexity index is 4710. The summed E-state index contributed by atoms with van der Waals surface area (Å²) in [5.41, 5.74) is 13.4. The average molecular weight is 1590 g/mol. The first kappa shape index (κ1) is 85.7. The molecule has 10 rings (SSSR count). The van der Waals surface area contributed by atoms with Crippen molar-refractivity contribution in [1.82, 2.24) is 76.5 Å². The smallest absolute Gasteiger partial charge is 0.339 e. The molecule has 4 aromatic carbocycles. The molecule has 0 radical (unpaired) electrons. The van der Waals surface area contributed by atoms with E-state index in [9.17, 15) is 58.5 Å². The molecule has 0 aliphatic rings. The fraction of sp³-hybridized carbons (Fsp3) is 0.276. The number of nitrogens with one attached hydrogen (secondary N) is 6. The third-order valence-electron chi connectivity index (χ3n) is 19.1. The molecular weight excluding hydrogens is 1500 g/mol. The number of phenols is 3. The highest BCUT2D eigenvalue weighted by Crippen LogP contribution is 2.33. The number of carbonyl (C=O) groups is 9. The third-order valence-corrected chi connectivity index (χ3v) is 19.1. The normalized spacial score (nSPS) is 11.1. The Morgan fingerprint density at radius 2 is 0.513 bits per heavy atom. The van der Waals surface area contributed by atoms with Crippen molar-refractivity contribution in [3.8, 4) is 51.4 Å². The predicted molar refractivity (Wildman–Crippen MR) is 435 cm³/mol. The highest BCUT2D eigenvalue weighted by atomic mass is 16.5. The zero-order valence-electron chi connectivity index (χ0n) is 66.5. The molecule has 0 aliphatic heterocycles. The quantitative estimate of drug-likeness (QED) is 0.0100. The van der Waals surface area contributed by atoms with Gasteiger partial charge in [0.2, 0.25) is 0 Å². The maximum absolute atomic E-state index is 13.4. The van der Waals surface area contributed by atoms with Crippen LogP contribution in [0.25, 0.3) is 34.2 Å². The van der Waals surface area contributed by atoms with E-state index in [1.54, 1.807) is 148 Å². The number of ether oxygens (including phenoxy) is 3. The Morgan fingerprint density at radius 3 is 0.709 bits per heavy atom. The SMILES string of the molecule is CCOC(=O)c1ccc(-c2ccc(C(=O)NCCNC(=O)c3ccc(CN(C)Cc4c(C)c(CN(C)Cc5ccc(C(=O)NCCNC(=O)c6ccc(-c7ccc(C(=O)OCC)cn7)nc6)c(O)c5)c(C)c(CN(C)Cc5ccc(C(=O)NCCNC(=O)c6ccc(-c7ccc(C(=O)OCC)cn7)nc6)c(O)c5)c4C)cc3O)cn2)nc1. The number of aromatic hydroxyl groups is 3. The Kier molecular flexibility index (Phi) is 29.9. The van der Waals surface area contributed by atoms with Crippen LogP contribution in [0.4, 0.5) is 0 Å². The first-order valence-electron chi connectivity index (χ1n) is 37.9. The molecule has 606 valence electrons. The molecule has 9 N–H and O–H groups in total. The van der Waals surface area contributed by atoms with E-state index in [0.29, 0.717) is 90.1 Å². The minimum atomic E-state index is -0.536. The van der Waals surface area contributed by atoms with Crippen LogP contribution in [0, 0.1) is 20.8 Å². The van der Waals surface area contributed by atoms with Crippen LogP contribution in [0.2, 0.25) is 0 Å². The fourth-order valence-electron chi connectivity index (χ4n) is 12.9. The van der Waals surface area contributed by atoms with Gasteiger partial charge in [0, 0.05) is 116 Å². The molecule has 0 saturated heterocycles. The first-order chi connectivity index (χ1) is 56.3. The Balaban J connectivity index is 0.754. The summed E-state index contributed by atoms with van der Waals surface area (Å²) in [7, 11) is 5.90. The summed E-state index contributed by atoms with van der Waals surface area (Å²) in [6.45, 7) is 15.1. The van der Waals surface area contributed by atoms with Crippen molar-refractivity contribution in [2.75, 3.05) is 80.2 Å². The standard InChI is InChI=1S/C87H93N15O15/c1-10-115-85(112)61-19-28-73(97-43-61)70-25-16-58(40-94-70)79(106)88-31-34-91-82(109)64-22-13-55(37-76(64)103)46-100(7)49-67-52(4)68(50-101(8)47-56-14-23-65(77(104)38-56)83(110)92-35-32-89-80(107)59-17-26-71(95-41-59)74-29-20-62(44-98-74)86(113)116-11-2)54(6)69(53(67)5)51-102(9)48-57-15-24-66(78(105)39-57)84(111)93-36-33-90-81(108)60-18-27-72(96-42-60)75-30-21-63(45-99-75)87(114)117-12-3/h13-30,37-45,103-105H,10-12,31-36,46-51H2,1-9H3,(H,88,106)(H,89,107)(H,90,108)(H,91,109)(H,92,110)(H,93,111). The van der Waals surface area contributed by atoms with Crippen molar-refractivity contribution in [2.45, 2.75) is 80.8 Å². The van der Waals surface area contributed by atoms with Gasteiger partial charge in [0.1, 0.15) is 17.2 Å². The van der Waals surface area contributed by atoms with E-state index >= 15 is 0 Å². The van der Waals surface area contributed by atoms with Gasteiger partial charge in [0.15, 0.2) is 0 Å². The van der Waals surface area contributed by atoms with Gasteiger partial charge in [0.05, 0.1) is 104 Å². The van der Waals surface area contributed by atoms with Crippen LogP contribution in [-0.4, -0.2) is 194 Å². The van der Waals surface area contributed by atoms with Gasteiger partial charge < -0.3 is 61.4 Å². The number of esters is 3. The largest absolute Gasteiger partial charge is 0.507 e. The number of phenolic OH excluding ortho intramolecular Hbond substituents is 3. The highest BCUT2D eigenvalue weighted by molar-refractivity contribution is 6.00. The van der Waals surface area contributed by atoms with Crippen LogP contribution in [0.1, 0.15) is 164 Å². The first-order valence-corrected chi connectivity index (χ1v) is 37.9.